The molecule has 0 saturated carbocycles. The molecule has 0 aliphatic heterocycles. The number of ether oxygens (including phenoxy) is 2. The van der Waals surface area contributed by atoms with Gasteiger partial charge in [0.05, 0.1) is 19.8 Å². The fourth-order valence-electron chi connectivity index (χ4n) is 1.69. The molecule has 0 aliphatic rings. The van der Waals surface area contributed by atoms with E-state index in [9.17, 15) is 0 Å². The summed E-state index contributed by atoms with van der Waals surface area (Å²) in [7, 11) is 1.96. The van der Waals surface area contributed by atoms with Crippen LogP contribution in [0.2, 0.25) is 0 Å². The monoisotopic (exact) mass is 251 g/mol. The highest BCUT2D eigenvalue weighted by molar-refractivity contribution is 5.22. The third-order valence-electron chi connectivity index (χ3n) is 2.66. The van der Waals surface area contributed by atoms with Crippen molar-refractivity contribution < 1.29 is 9.47 Å². The van der Waals surface area contributed by atoms with Crippen LogP contribution >= 0.6 is 0 Å². The summed E-state index contributed by atoms with van der Waals surface area (Å²) in [6, 6.07) is 8.46. The van der Waals surface area contributed by atoms with E-state index in [1.807, 2.05) is 7.05 Å². The van der Waals surface area contributed by atoms with Crippen LogP contribution in [0.4, 0.5) is 0 Å². The third-order valence-corrected chi connectivity index (χ3v) is 2.66. The Labute approximate surface area is 110 Å². The van der Waals surface area contributed by atoms with Crippen molar-refractivity contribution in [2.45, 2.75) is 32.9 Å². The molecule has 3 heteroatoms. The van der Waals surface area contributed by atoms with Gasteiger partial charge in [-0.25, -0.2) is 0 Å². The molecule has 0 radical (unpaired) electrons. The first-order chi connectivity index (χ1) is 8.86. The van der Waals surface area contributed by atoms with Crippen LogP contribution < -0.4 is 5.32 Å². The lowest BCUT2D eigenvalue weighted by Crippen LogP contribution is -2.07. The van der Waals surface area contributed by atoms with E-state index in [0.717, 1.165) is 19.6 Å². The molecule has 18 heavy (non-hydrogen) atoms. The van der Waals surface area contributed by atoms with Crippen LogP contribution in [0.5, 0.6) is 0 Å². The molecule has 0 spiro atoms. The van der Waals surface area contributed by atoms with Gasteiger partial charge in [-0.1, -0.05) is 37.6 Å². The second-order valence-electron chi connectivity index (χ2n) is 4.37. The first-order valence-electron chi connectivity index (χ1n) is 6.74. The van der Waals surface area contributed by atoms with Gasteiger partial charge in [-0.3, -0.25) is 0 Å². The van der Waals surface area contributed by atoms with Gasteiger partial charge in [-0.2, -0.15) is 0 Å². The first kappa shape index (κ1) is 15.2. The SMILES string of the molecule is CCCCOCCOCc1cccc(CNC)c1. The second-order valence-corrected chi connectivity index (χ2v) is 4.37. The molecule has 0 bridgehead atoms. The topological polar surface area (TPSA) is 30.5 Å². The molecule has 0 aromatic heterocycles. The quantitative estimate of drug-likeness (QED) is 0.649. The van der Waals surface area contributed by atoms with Gasteiger partial charge in [0.15, 0.2) is 0 Å². The second kappa shape index (κ2) is 10.1. The van der Waals surface area contributed by atoms with E-state index in [1.165, 1.54) is 17.5 Å². The van der Waals surface area contributed by atoms with Crippen molar-refractivity contribution in [2.24, 2.45) is 0 Å². The minimum Gasteiger partial charge on any atom is -0.379 e. The van der Waals surface area contributed by atoms with Crippen LogP contribution in [0, 0.1) is 0 Å². The number of nitrogens with one attached hydrogen (secondary N) is 1. The summed E-state index contributed by atoms with van der Waals surface area (Å²) >= 11 is 0. The van der Waals surface area contributed by atoms with Crippen LogP contribution in [-0.4, -0.2) is 26.9 Å². The Morgan fingerprint density at radius 3 is 2.61 bits per heavy atom. The minimum absolute atomic E-state index is 0.661. The van der Waals surface area contributed by atoms with E-state index < -0.39 is 0 Å². The molecule has 1 aromatic carbocycles. The molecule has 0 saturated heterocycles. The fraction of sp³-hybridized carbons (Fsp3) is 0.600. The summed E-state index contributed by atoms with van der Waals surface area (Å²) in [6.45, 7) is 5.92. The van der Waals surface area contributed by atoms with Crippen molar-refractivity contribution >= 4 is 0 Å². The number of unbranched alkanes of at least 4 members (excludes halogenated alkanes) is 1. The molecule has 0 atom stereocenters. The Hall–Kier alpha value is -0.900. The van der Waals surface area contributed by atoms with Crippen LogP contribution in [0.15, 0.2) is 24.3 Å². The zero-order valence-corrected chi connectivity index (χ0v) is 11.6. The lowest BCUT2D eigenvalue weighted by atomic mass is 10.1. The van der Waals surface area contributed by atoms with Gasteiger partial charge in [0, 0.05) is 13.2 Å². The molecule has 0 aliphatic carbocycles. The molecule has 0 fully saturated rings. The predicted octanol–water partition coefficient (Wildman–Crippen LogP) is 2.74. The molecule has 3 nitrogen and oxygen atoms in total. The number of hydrogen-bond acceptors (Lipinski definition) is 3. The van der Waals surface area contributed by atoms with E-state index in [2.05, 4.69) is 36.5 Å². The average molecular weight is 251 g/mol. The van der Waals surface area contributed by atoms with Gasteiger partial charge in [0.25, 0.3) is 0 Å². The summed E-state index contributed by atoms with van der Waals surface area (Å²) in [5.41, 5.74) is 2.51. The Morgan fingerprint density at radius 2 is 1.83 bits per heavy atom. The summed E-state index contributed by atoms with van der Waals surface area (Å²) in [4.78, 5) is 0. The zero-order chi connectivity index (χ0) is 13.1. The fourth-order valence-corrected chi connectivity index (χ4v) is 1.69. The molecule has 0 amide bonds. The maximum absolute atomic E-state index is 5.59. The highest BCUT2D eigenvalue weighted by atomic mass is 16.5. The van der Waals surface area contributed by atoms with Crippen LogP contribution in [0.3, 0.4) is 0 Å². The standard InChI is InChI=1S/C15H25NO2/c1-3-4-8-17-9-10-18-13-15-7-5-6-14(11-15)12-16-2/h5-7,11,16H,3-4,8-10,12-13H2,1-2H3. The molecule has 0 unspecified atom stereocenters. The summed E-state index contributed by atoms with van der Waals surface area (Å²) in [6.07, 6.45) is 2.31. The van der Waals surface area contributed by atoms with Crippen LogP contribution in [-0.2, 0) is 22.6 Å². The molecule has 1 N–H and O–H groups in total. The maximum atomic E-state index is 5.59. The van der Waals surface area contributed by atoms with E-state index >= 15 is 0 Å². The van der Waals surface area contributed by atoms with E-state index in [1.54, 1.807) is 0 Å². The smallest absolute Gasteiger partial charge is 0.0718 e. The van der Waals surface area contributed by atoms with Crippen molar-refractivity contribution in [3.63, 3.8) is 0 Å². The average Bonchev–Trinajstić information content (AvgIpc) is 2.39. The Morgan fingerprint density at radius 1 is 1.06 bits per heavy atom. The van der Waals surface area contributed by atoms with Gasteiger partial charge >= 0.3 is 0 Å². The highest BCUT2D eigenvalue weighted by Crippen LogP contribution is 2.06. The van der Waals surface area contributed by atoms with Crippen molar-refractivity contribution in [3.05, 3.63) is 35.4 Å². The number of rotatable bonds is 10. The van der Waals surface area contributed by atoms with E-state index in [-0.39, 0.29) is 0 Å². The van der Waals surface area contributed by atoms with Crippen LogP contribution in [0.25, 0.3) is 0 Å². The number of benzene rings is 1. The molecular formula is C15H25NO2. The normalized spacial score (nSPS) is 10.8. The minimum atomic E-state index is 0.661. The Kier molecular flexibility index (Phi) is 8.47. The Bertz CT molecular complexity index is 315. The van der Waals surface area contributed by atoms with Gasteiger partial charge in [0.2, 0.25) is 0 Å². The molecule has 102 valence electrons. The van der Waals surface area contributed by atoms with Crippen molar-refractivity contribution in [1.29, 1.82) is 0 Å². The third kappa shape index (κ3) is 6.74. The summed E-state index contributed by atoms with van der Waals surface area (Å²) < 4.78 is 11.0. The van der Waals surface area contributed by atoms with E-state index in [0.29, 0.717) is 19.8 Å². The van der Waals surface area contributed by atoms with Gasteiger partial charge in [-0.05, 0) is 24.6 Å². The van der Waals surface area contributed by atoms with Gasteiger partial charge < -0.3 is 14.8 Å². The predicted molar refractivity (Wildman–Crippen MR) is 74.6 cm³/mol. The zero-order valence-electron chi connectivity index (χ0n) is 11.6. The molecule has 1 aromatic rings. The largest absolute Gasteiger partial charge is 0.379 e. The summed E-state index contributed by atoms with van der Waals surface area (Å²) in [5.74, 6) is 0. The lowest BCUT2D eigenvalue weighted by Gasteiger charge is -2.07. The van der Waals surface area contributed by atoms with Crippen molar-refractivity contribution in [2.75, 3.05) is 26.9 Å². The molecular weight excluding hydrogens is 226 g/mol. The van der Waals surface area contributed by atoms with Crippen molar-refractivity contribution in [1.82, 2.24) is 5.32 Å². The molecule has 1 rings (SSSR count). The lowest BCUT2D eigenvalue weighted by molar-refractivity contribution is 0.0396. The highest BCUT2D eigenvalue weighted by Gasteiger charge is 1.96. The maximum Gasteiger partial charge on any atom is 0.0718 e. The summed E-state index contributed by atoms with van der Waals surface area (Å²) in [5, 5.41) is 3.15. The van der Waals surface area contributed by atoms with E-state index in [4.69, 9.17) is 9.47 Å². The first-order valence-corrected chi connectivity index (χ1v) is 6.74. The van der Waals surface area contributed by atoms with Gasteiger partial charge in [-0.15, -0.1) is 0 Å². The number of hydrogen-bond donors (Lipinski definition) is 1. The Balaban J connectivity index is 2.13. The molecule has 0 heterocycles. The van der Waals surface area contributed by atoms with Crippen molar-refractivity contribution in [3.8, 4) is 0 Å². The van der Waals surface area contributed by atoms with Gasteiger partial charge in [0.1, 0.15) is 0 Å². The van der Waals surface area contributed by atoms with Crippen LogP contribution in [0.1, 0.15) is 30.9 Å².